The molecule has 108 valence electrons. The molecule has 0 saturated carbocycles. The van der Waals surface area contributed by atoms with E-state index in [0.29, 0.717) is 10.7 Å². The van der Waals surface area contributed by atoms with Gasteiger partial charge in [-0.05, 0) is 55.5 Å². The zero-order valence-electron chi connectivity index (χ0n) is 12.1. The van der Waals surface area contributed by atoms with E-state index in [0.717, 1.165) is 12.8 Å². The molecule has 0 aliphatic heterocycles. The maximum Gasteiger partial charge on any atom is 0.412 e. The molecule has 0 aromatic heterocycles. The Morgan fingerprint density at radius 2 is 2.00 bits per heavy atom. The first-order valence-electron chi connectivity index (χ1n) is 6.75. The van der Waals surface area contributed by atoms with Crippen LogP contribution in [-0.4, -0.2) is 12.2 Å². The molecule has 0 unspecified atom stereocenters. The highest BCUT2D eigenvalue weighted by atomic mass is 35.5. The van der Waals surface area contributed by atoms with Gasteiger partial charge in [0.05, 0.1) is 0 Å². The summed E-state index contributed by atoms with van der Waals surface area (Å²) >= 11 is 5.80. The highest BCUT2D eigenvalue weighted by Crippen LogP contribution is 2.36. The number of carbonyl (C=O) groups is 1. The average molecular weight is 294 g/mol. The maximum absolute atomic E-state index is 11.9. The molecule has 1 aromatic carbocycles. The minimum absolute atomic E-state index is 0.161. The summed E-state index contributed by atoms with van der Waals surface area (Å²) in [6, 6.07) is 6.95. The molecule has 4 heteroatoms. The summed E-state index contributed by atoms with van der Waals surface area (Å²) in [4.78, 5) is 11.9. The molecule has 2 rings (SSSR count). The fourth-order valence-electron chi connectivity index (χ4n) is 2.70. The van der Waals surface area contributed by atoms with Crippen molar-refractivity contribution in [2.24, 2.45) is 5.41 Å². The number of rotatable bonds is 2. The largest absolute Gasteiger partial charge is 0.442 e. The zero-order chi connectivity index (χ0) is 14.8. The van der Waals surface area contributed by atoms with Gasteiger partial charge in [0.25, 0.3) is 0 Å². The van der Waals surface area contributed by atoms with Crippen LogP contribution in [0.4, 0.5) is 10.5 Å². The van der Waals surface area contributed by atoms with E-state index in [9.17, 15) is 4.79 Å². The van der Waals surface area contributed by atoms with Gasteiger partial charge in [-0.25, -0.2) is 4.79 Å². The lowest BCUT2D eigenvalue weighted by Crippen LogP contribution is -2.30. The lowest BCUT2D eigenvalue weighted by molar-refractivity contribution is 0.0974. The zero-order valence-corrected chi connectivity index (χ0v) is 12.8. The first-order valence-corrected chi connectivity index (χ1v) is 7.12. The Balaban J connectivity index is 1.94. The molecule has 1 N–H and O–H groups in total. The lowest BCUT2D eigenvalue weighted by Gasteiger charge is -2.33. The molecule has 0 saturated heterocycles. The molecular weight excluding hydrogens is 274 g/mol. The highest BCUT2D eigenvalue weighted by Gasteiger charge is 2.29. The maximum atomic E-state index is 11.9. The summed E-state index contributed by atoms with van der Waals surface area (Å²) in [6.07, 6.45) is 3.33. The van der Waals surface area contributed by atoms with Gasteiger partial charge >= 0.3 is 6.09 Å². The van der Waals surface area contributed by atoms with Crippen LogP contribution in [-0.2, 0) is 4.74 Å². The van der Waals surface area contributed by atoms with Gasteiger partial charge in [-0.2, -0.15) is 0 Å². The van der Waals surface area contributed by atoms with E-state index in [1.165, 1.54) is 5.57 Å². The predicted molar refractivity (Wildman–Crippen MR) is 82.1 cm³/mol. The van der Waals surface area contributed by atoms with Gasteiger partial charge in [0, 0.05) is 10.7 Å². The standard InChI is InChI=1S/C16H20ClNO2/c1-11-8-14(10-16(2,3)9-11)20-15(19)18-13-6-4-12(17)5-7-13/h4-8,14H,9-10H2,1-3H3,(H,18,19)/t14-/m1/s1. The first-order chi connectivity index (χ1) is 9.34. The Bertz CT molecular complexity index is 520. The summed E-state index contributed by atoms with van der Waals surface area (Å²) in [5.41, 5.74) is 2.12. The number of halogens is 1. The normalized spacial score (nSPS) is 21.0. The van der Waals surface area contributed by atoms with Crippen molar-refractivity contribution in [1.82, 2.24) is 0 Å². The second-order valence-corrected chi connectivity index (χ2v) is 6.57. The number of allylic oxidation sites excluding steroid dienone is 1. The van der Waals surface area contributed by atoms with Crippen molar-refractivity contribution in [2.45, 2.75) is 39.7 Å². The number of hydrogen-bond donors (Lipinski definition) is 1. The summed E-state index contributed by atoms with van der Waals surface area (Å²) in [6.45, 7) is 6.46. The van der Waals surface area contributed by atoms with Crippen LogP contribution in [0.15, 0.2) is 35.9 Å². The minimum atomic E-state index is -0.431. The summed E-state index contributed by atoms with van der Waals surface area (Å²) in [5.74, 6) is 0. The lowest BCUT2D eigenvalue weighted by atomic mass is 9.76. The molecule has 1 aromatic rings. The Hall–Kier alpha value is -1.48. The predicted octanol–water partition coefficient (Wildman–Crippen LogP) is 5.02. The van der Waals surface area contributed by atoms with Crippen molar-refractivity contribution in [3.8, 4) is 0 Å². The number of amides is 1. The van der Waals surface area contributed by atoms with Crippen molar-refractivity contribution >= 4 is 23.4 Å². The van der Waals surface area contributed by atoms with E-state index in [1.54, 1.807) is 24.3 Å². The molecule has 0 spiro atoms. The molecule has 1 amide bonds. The second-order valence-electron chi connectivity index (χ2n) is 6.13. The van der Waals surface area contributed by atoms with Crippen molar-refractivity contribution in [3.63, 3.8) is 0 Å². The smallest absolute Gasteiger partial charge is 0.412 e. The van der Waals surface area contributed by atoms with Gasteiger partial charge in [0.2, 0.25) is 0 Å². The van der Waals surface area contributed by atoms with Crippen molar-refractivity contribution in [1.29, 1.82) is 0 Å². The summed E-state index contributed by atoms with van der Waals surface area (Å²) in [5, 5.41) is 3.35. The van der Waals surface area contributed by atoms with E-state index in [-0.39, 0.29) is 11.5 Å². The Morgan fingerprint density at radius 3 is 2.60 bits per heavy atom. The molecule has 0 bridgehead atoms. The molecule has 0 heterocycles. The fourth-order valence-corrected chi connectivity index (χ4v) is 2.83. The van der Waals surface area contributed by atoms with Gasteiger partial charge in [0.15, 0.2) is 0 Å². The van der Waals surface area contributed by atoms with Gasteiger partial charge in [-0.3, -0.25) is 5.32 Å². The molecule has 1 aliphatic carbocycles. The third-order valence-corrected chi connectivity index (χ3v) is 3.58. The first kappa shape index (κ1) is 14.9. The molecule has 3 nitrogen and oxygen atoms in total. The fraction of sp³-hybridized carbons (Fsp3) is 0.438. The number of ether oxygens (including phenoxy) is 1. The topological polar surface area (TPSA) is 38.3 Å². The second kappa shape index (κ2) is 5.88. The number of nitrogens with one attached hydrogen (secondary N) is 1. The van der Waals surface area contributed by atoms with Crippen LogP contribution in [0.2, 0.25) is 5.02 Å². The van der Waals surface area contributed by atoms with Gasteiger partial charge in [-0.15, -0.1) is 0 Å². The van der Waals surface area contributed by atoms with E-state index in [4.69, 9.17) is 16.3 Å². The van der Waals surface area contributed by atoms with E-state index in [1.807, 2.05) is 6.08 Å². The van der Waals surface area contributed by atoms with Gasteiger partial charge < -0.3 is 4.74 Å². The van der Waals surface area contributed by atoms with Crippen molar-refractivity contribution in [3.05, 3.63) is 40.9 Å². The summed E-state index contributed by atoms with van der Waals surface area (Å²) in [7, 11) is 0. The third-order valence-electron chi connectivity index (χ3n) is 3.33. The molecule has 1 aliphatic rings. The van der Waals surface area contributed by atoms with E-state index >= 15 is 0 Å². The minimum Gasteiger partial charge on any atom is -0.442 e. The van der Waals surface area contributed by atoms with Crippen LogP contribution in [0.3, 0.4) is 0 Å². The number of carbonyl (C=O) groups excluding carboxylic acids is 1. The van der Waals surface area contributed by atoms with Crippen LogP contribution < -0.4 is 5.32 Å². The van der Waals surface area contributed by atoms with Gasteiger partial charge in [-0.1, -0.05) is 31.0 Å². The monoisotopic (exact) mass is 293 g/mol. The molecule has 0 radical (unpaired) electrons. The van der Waals surface area contributed by atoms with Crippen LogP contribution in [0, 0.1) is 5.41 Å². The van der Waals surface area contributed by atoms with E-state index in [2.05, 4.69) is 26.1 Å². The number of benzene rings is 1. The molecular formula is C16H20ClNO2. The SMILES string of the molecule is CC1=C[C@@H](OC(=O)Nc2ccc(Cl)cc2)CC(C)(C)C1. The van der Waals surface area contributed by atoms with Crippen LogP contribution in [0.5, 0.6) is 0 Å². The van der Waals surface area contributed by atoms with Crippen LogP contribution in [0.25, 0.3) is 0 Å². The quantitative estimate of drug-likeness (QED) is 0.777. The van der Waals surface area contributed by atoms with Crippen molar-refractivity contribution in [2.75, 3.05) is 5.32 Å². The van der Waals surface area contributed by atoms with Crippen LogP contribution in [0.1, 0.15) is 33.6 Å². The summed E-state index contributed by atoms with van der Waals surface area (Å²) < 4.78 is 5.47. The molecule has 0 fully saturated rings. The number of anilines is 1. The average Bonchev–Trinajstić information content (AvgIpc) is 2.29. The number of hydrogen-bond acceptors (Lipinski definition) is 2. The van der Waals surface area contributed by atoms with Crippen molar-refractivity contribution < 1.29 is 9.53 Å². The van der Waals surface area contributed by atoms with Crippen LogP contribution >= 0.6 is 11.6 Å². The third kappa shape index (κ3) is 4.27. The Labute approximate surface area is 125 Å². The highest BCUT2D eigenvalue weighted by molar-refractivity contribution is 6.30. The van der Waals surface area contributed by atoms with E-state index < -0.39 is 6.09 Å². The Morgan fingerprint density at radius 1 is 1.35 bits per heavy atom. The molecule has 1 atom stereocenters. The molecule has 20 heavy (non-hydrogen) atoms. The Kier molecular flexibility index (Phi) is 4.39. The van der Waals surface area contributed by atoms with Gasteiger partial charge in [0.1, 0.15) is 6.10 Å².